The molecular formula is C19H24IN3O3. The summed E-state index contributed by atoms with van der Waals surface area (Å²) in [5, 5.41) is 3.09. The summed E-state index contributed by atoms with van der Waals surface area (Å²) in [5.41, 5.74) is 7.79. The summed E-state index contributed by atoms with van der Waals surface area (Å²) in [7, 11) is 1.63. The van der Waals surface area contributed by atoms with Gasteiger partial charge in [-0.1, -0.05) is 26.0 Å². The van der Waals surface area contributed by atoms with Crippen molar-refractivity contribution in [3.05, 3.63) is 48.0 Å². The Kier molecular flexibility index (Phi) is 6.57. The molecule has 1 aliphatic heterocycles. The molecule has 26 heavy (non-hydrogen) atoms. The standard InChI is InChI=1S/C19H23N3O3.HI/c1-19(2,13-7-8-16-17(9-13)25-12-24-16)11-21-18(20)22-14-5-4-6-15(10-14)23-3;/h4-10H,11-12H2,1-3H3,(H3,20,21,22);1H. The predicted molar refractivity (Wildman–Crippen MR) is 114 cm³/mol. The summed E-state index contributed by atoms with van der Waals surface area (Å²) < 4.78 is 16.0. The first kappa shape index (κ1) is 20.2. The van der Waals surface area contributed by atoms with Crippen molar-refractivity contribution in [1.82, 2.24) is 0 Å². The number of guanidine groups is 1. The zero-order valence-electron chi connectivity index (χ0n) is 15.1. The maximum absolute atomic E-state index is 6.03. The number of hydrogen-bond acceptors (Lipinski definition) is 4. The Morgan fingerprint density at radius 3 is 2.73 bits per heavy atom. The van der Waals surface area contributed by atoms with Crippen molar-refractivity contribution in [3.63, 3.8) is 0 Å². The minimum Gasteiger partial charge on any atom is -0.497 e. The number of nitrogens with zero attached hydrogens (tertiary/aromatic N) is 1. The molecular weight excluding hydrogens is 445 g/mol. The first-order valence-corrected chi connectivity index (χ1v) is 8.09. The summed E-state index contributed by atoms with van der Waals surface area (Å²) >= 11 is 0. The Labute approximate surface area is 170 Å². The Morgan fingerprint density at radius 2 is 1.96 bits per heavy atom. The molecule has 0 spiro atoms. The van der Waals surface area contributed by atoms with E-state index in [1.165, 1.54) is 0 Å². The number of fused-ring (bicyclic) bond motifs is 1. The molecule has 140 valence electrons. The molecule has 0 fully saturated rings. The summed E-state index contributed by atoms with van der Waals surface area (Å²) in [6.07, 6.45) is 0. The van der Waals surface area contributed by atoms with Crippen LogP contribution in [-0.4, -0.2) is 26.4 Å². The molecule has 1 heterocycles. The SMILES string of the molecule is COc1cccc(NC(N)=NCC(C)(C)c2ccc3c(c2)OCO3)c1.I. The molecule has 3 N–H and O–H groups in total. The molecule has 3 rings (SSSR count). The first-order chi connectivity index (χ1) is 12.0. The summed E-state index contributed by atoms with van der Waals surface area (Å²) in [6.45, 7) is 5.05. The quantitative estimate of drug-likeness (QED) is 0.396. The van der Waals surface area contributed by atoms with Crippen molar-refractivity contribution in [3.8, 4) is 17.2 Å². The van der Waals surface area contributed by atoms with Gasteiger partial charge in [-0.2, -0.15) is 0 Å². The van der Waals surface area contributed by atoms with E-state index in [2.05, 4.69) is 24.2 Å². The highest BCUT2D eigenvalue weighted by Crippen LogP contribution is 2.36. The van der Waals surface area contributed by atoms with E-state index in [9.17, 15) is 0 Å². The molecule has 0 saturated heterocycles. The maximum Gasteiger partial charge on any atom is 0.231 e. The molecule has 0 aliphatic carbocycles. The summed E-state index contributed by atoms with van der Waals surface area (Å²) in [6, 6.07) is 13.5. The molecule has 0 saturated carbocycles. The minimum absolute atomic E-state index is 0. The van der Waals surface area contributed by atoms with Gasteiger partial charge >= 0.3 is 0 Å². The number of anilines is 1. The van der Waals surface area contributed by atoms with Gasteiger partial charge in [-0.15, -0.1) is 24.0 Å². The number of halogens is 1. The van der Waals surface area contributed by atoms with E-state index in [4.69, 9.17) is 19.9 Å². The average molecular weight is 469 g/mol. The van der Waals surface area contributed by atoms with Crippen LogP contribution in [0.25, 0.3) is 0 Å². The highest BCUT2D eigenvalue weighted by Gasteiger charge is 2.24. The predicted octanol–water partition coefficient (Wildman–Crippen LogP) is 3.75. The van der Waals surface area contributed by atoms with Gasteiger partial charge in [0.2, 0.25) is 6.79 Å². The Bertz CT molecular complexity index is 793. The lowest BCUT2D eigenvalue weighted by atomic mass is 9.84. The number of benzene rings is 2. The van der Waals surface area contributed by atoms with Crippen LogP contribution in [0, 0.1) is 0 Å². The second-order valence-corrected chi connectivity index (χ2v) is 6.51. The molecule has 0 atom stereocenters. The van der Waals surface area contributed by atoms with Gasteiger partial charge in [0.25, 0.3) is 0 Å². The number of aliphatic imine (C=N–C) groups is 1. The third-order valence-corrected chi connectivity index (χ3v) is 4.14. The van der Waals surface area contributed by atoms with Gasteiger partial charge in [0.1, 0.15) is 5.75 Å². The van der Waals surface area contributed by atoms with Crippen molar-refractivity contribution in [2.24, 2.45) is 10.7 Å². The van der Waals surface area contributed by atoms with Gasteiger partial charge in [0.15, 0.2) is 17.5 Å². The van der Waals surface area contributed by atoms with Crippen molar-refractivity contribution in [1.29, 1.82) is 0 Å². The van der Waals surface area contributed by atoms with E-state index in [1.807, 2.05) is 42.5 Å². The summed E-state index contributed by atoms with van der Waals surface area (Å²) in [5.74, 6) is 2.68. The first-order valence-electron chi connectivity index (χ1n) is 8.09. The average Bonchev–Trinajstić information content (AvgIpc) is 3.08. The van der Waals surface area contributed by atoms with Gasteiger partial charge < -0.3 is 25.3 Å². The Balaban J connectivity index is 0.00000243. The molecule has 2 aromatic rings. The Morgan fingerprint density at radius 1 is 1.19 bits per heavy atom. The lowest BCUT2D eigenvalue weighted by Crippen LogP contribution is -2.27. The van der Waals surface area contributed by atoms with E-state index < -0.39 is 0 Å². The fraction of sp³-hybridized carbons (Fsp3) is 0.316. The zero-order valence-corrected chi connectivity index (χ0v) is 17.4. The van der Waals surface area contributed by atoms with Crippen molar-refractivity contribution in [2.45, 2.75) is 19.3 Å². The lowest BCUT2D eigenvalue weighted by molar-refractivity contribution is 0.174. The minimum atomic E-state index is -0.193. The molecule has 0 radical (unpaired) electrons. The van der Waals surface area contributed by atoms with Crippen LogP contribution in [0.1, 0.15) is 19.4 Å². The number of nitrogens with one attached hydrogen (secondary N) is 1. The topological polar surface area (TPSA) is 78.1 Å². The van der Waals surface area contributed by atoms with Crippen LogP contribution in [0.5, 0.6) is 17.2 Å². The van der Waals surface area contributed by atoms with E-state index in [0.717, 1.165) is 28.5 Å². The number of ether oxygens (including phenoxy) is 3. The van der Waals surface area contributed by atoms with Crippen LogP contribution in [0.3, 0.4) is 0 Å². The van der Waals surface area contributed by atoms with Crippen LogP contribution in [0.2, 0.25) is 0 Å². The normalized spacial score (nSPS) is 13.1. The van der Waals surface area contributed by atoms with Crippen LogP contribution in [-0.2, 0) is 5.41 Å². The third kappa shape index (κ3) is 4.72. The second kappa shape index (κ2) is 8.48. The lowest BCUT2D eigenvalue weighted by Gasteiger charge is -2.23. The number of hydrogen-bond donors (Lipinski definition) is 2. The Hall–Kier alpha value is -2.16. The van der Waals surface area contributed by atoms with E-state index in [1.54, 1.807) is 7.11 Å². The highest BCUT2D eigenvalue weighted by atomic mass is 127. The van der Waals surface area contributed by atoms with Crippen molar-refractivity contribution >= 4 is 35.6 Å². The van der Waals surface area contributed by atoms with Gasteiger partial charge in [0.05, 0.1) is 13.7 Å². The van der Waals surface area contributed by atoms with Gasteiger partial charge in [0, 0.05) is 17.2 Å². The molecule has 2 aromatic carbocycles. The fourth-order valence-corrected chi connectivity index (χ4v) is 2.58. The van der Waals surface area contributed by atoms with Crippen molar-refractivity contribution in [2.75, 3.05) is 25.8 Å². The van der Waals surface area contributed by atoms with Gasteiger partial charge in [-0.05, 0) is 29.8 Å². The molecule has 7 heteroatoms. The van der Waals surface area contributed by atoms with Gasteiger partial charge in [-0.25, -0.2) is 0 Å². The van der Waals surface area contributed by atoms with E-state index in [-0.39, 0.29) is 36.2 Å². The largest absolute Gasteiger partial charge is 0.497 e. The van der Waals surface area contributed by atoms with Crippen LogP contribution in [0.4, 0.5) is 5.69 Å². The third-order valence-electron chi connectivity index (χ3n) is 4.14. The van der Waals surface area contributed by atoms with E-state index >= 15 is 0 Å². The molecule has 0 unspecified atom stereocenters. The molecule has 0 bridgehead atoms. The van der Waals surface area contributed by atoms with Crippen LogP contribution >= 0.6 is 24.0 Å². The number of rotatable bonds is 5. The summed E-state index contributed by atoms with van der Waals surface area (Å²) in [4.78, 5) is 4.49. The monoisotopic (exact) mass is 469 g/mol. The van der Waals surface area contributed by atoms with Gasteiger partial charge in [-0.3, -0.25) is 4.99 Å². The van der Waals surface area contributed by atoms with Crippen molar-refractivity contribution < 1.29 is 14.2 Å². The zero-order chi connectivity index (χ0) is 17.9. The maximum atomic E-state index is 6.03. The second-order valence-electron chi connectivity index (χ2n) is 6.51. The number of methoxy groups -OCH3 is 1. The smallest absolute Gasteiger partial charge is 0.231 e. The fourth-order valence-electron chi connectivity index (χ4n) is 2.58. The van der Waals surface area contributed by atoms with Crippen LogP contribution in [0.15, 0.2) is 47.5 Å². The molecule has 6 nitrogen and oxygen atoms in total. The molecule has 0 aromatic heterocycles. The molecule has 0 amide bonds. The van der Waals surface area contributed by atoms with Crippen LogP contribution < -0.4 is 25.3 Å². The molecule has 1 aliphatic rings. The number of nitrogens with two attached hydrogens (primary N) is 1. The van der Waals surface area contributed by atoms with E-state index in [0.29, 0.717) is 12.5 Å². The highest BCUT2D eigenvalue weighted by molar-refractivity contribution is 14.0.